The predicted octanol–water partition coefficient (Wildman–Crippen LogP) is 2.88. The van der Waals surface area contributed by atoms with Crippen LogP contribution in [0.5, 0.6) is 0 Å². The van der Waals surface area contributed by atoms with Gasteiger partial charge in [0.2, 0.25) is 11.8 Å². The Morgan fingerprint density at radius 3 is 2.61 bits per heavy atom. The van der Waals surface area contributed by atoms with E-state index in [9.17, 15) is 24.3 Å². The van der Waals surface area contributed by atoms with E-state index in [1.165, 1.54) is 32.2 Å². The van der Waals surface area contributed by atoms with Gasteiger partial charge in [0.15, 0.2) is 5.79 Å². The number of anilines is 1. The molecule has 2 amide bonds. The SMILES string of the molecule is CN(C)c1ccc2c(CC(=O)CCCCn3cc(CCNC(=O)/C=C/NC(=O)CC(C)(C)COC(C)(C)O)nn3)cc(=O)oc2c1. The first-order chi connectivity index (χ1) is 21.6. The maximum absolute atomic E-state index is 12.7. The van der Waals surface area contributed by atoms with Crippen LogP contribution in [0.1, 0.15) is 64.6 Å². The monoisotopic (exact) mass is 638 g/mol. The summed E-state index contributed by atoms with van der Waals surface area (Å²) in [5.74, 6) is -1.85. The van der Waals surface area contributed by atoms with E-state index in [1.54, 1.807) is 10.7 Å². The molecule has 0 radical (unpaired) electrons. The van der Waals surface area contributed by atoms with Crippen molar-refractivity contribution in [2.75, 3.05) is 32.1 Å². The molecule has 0 aliphatic carbocycles. The van der Waals surface area contributed by atoms with Crippen LogP contribution < -0.4 is 21.2 Å². The van der Waals surface area contributed by atoms with Crippen LogP contribution in [-0.4, -0.2) is 70.7 Å². The quantitative estimate of drug-likeness (QED) is 0.0815. The number of ether oxygens (including phenoxy) is 1. The lowest BCUT2D eigenvalue weighted by atomic mass is 9.90. The molecule has 2 heterocycles. The molecule has 0 aliphatic rings. The number of carbonyl (C=O) groups is 3. The van der Waals surface area contributed by atoms with E-state index >= 15 is 0 Å². The number of hydrogen-bond donors (Lipinski definition) is 3. The van der Waals surface area contributed by atoms with Crippen LogP contribution in [0.4, 0.5) is 5.69 Å². The Hall–Kier alpha value is -4.36. The summed E-state index contributed by atoms with van der Waals surface area (Å²) >= 11 is 0. The zero-order valence-corrected chi connectivity index (χ0v) is 27.6. The first-order valence-corrected chi connectivity index (χ1v) is 15.4. The molecule has 3 aromatic rings. The zero-order valence-electron chi connectivity index (χ0n) is 27.6. The molecular formula is C33H46N6O7. The highest BCUT2D eigenvalue weighted by Gasteiger charge is 2.25. The molecule has 2 aromatic heterocycles. The number of nitrogens with one attached hydrogen (secondary N) is 2. The van der Waals surface area contributed by atoms with E-state index in [0.717, 1.165) is 23.2 Å². The maximum atomic E-state index is 12.7. The van der Waals surface area contributed by atoms with E-state index in [-0.39, 0.29) is 37.0 Å². The van der Waals surface area contributed by atoms with Crippen molar-refractivity contribution in [3.05, 3.63) is 64.4 Å². The number of aromatic nitrogens is 3. The number of amides is 2. The molecule has 13 heteroatoms. The molecule has 0 saturated heterocycles. The number of benzene rings is 1. The Morgan fingerprint density at radius 2 is 1.89 bits per heavy atom. The van der Waals surface area contributed by atoms with Gasteiger partial charge in [0.1, 0.15) is 11.4 Å². The highest BCUT2D eigenvalue weighted by atomic mass is 16.6. The number of hydrogen-bond acceptors (Lipinski definition) is 10. The summed E-state index contributed by atoms with van der Waals surface area (Å²) in [6.45, 7) is 7.90. The lowest BCUT2D eigenvalue weighted by Crippen LogP contribution is -2.33. The van der Waals surface area contributed by atoms with E-state index in [0.29, 0.717) is 43.5 Å². The summed E-state index contributed by atoms with van der Waals surface area (Å²) in [6, 6.07) is 7.00. The van der Waals surface area contributed by atoms with Crippen LogP contribution in [0.25, 0.3) is 11.0 Å². The average Bonchev–Trinajstić information content (AvgIpc) is 3.40. The van der Waals surface area contributed by atoms with Crippen molar-refractivity contribution in [3.63, 3.8) is 0 Å². The molecule has 13 nitrogen and oxygen atoms in total. The summed E-state index contributed by atoms with van der Waals surface area (Å²) < 4.78 is 12.4. The molecule has 1 aromatic carbocycles. The van der Waals surface area contributed by atoms with E-state index in [2.05, 4.69) is 20.9 Å². The molecule has 0 spiro atoms. The fourth-order valence-corrected chi connectivity index (χ4v) is 4.59. The number of aliphatic hydroxyl groups is 1. The molecular weight excluding hydrogens is 592 g/mol. The molecule has 0 fully saturated rings. The molecule has 3 rings (SSSR count). The fourth-order valence-electron chi connectivity index (χ4n) is 4.59. The van der Waals surface area contributed by atoms with Crippen molar-refractivity contribution in [2.45, 2.75) is 78.6 Å². The standard InChI is InChI=1S/C33H46N6O7/c1-32(2,22-45-33(3,4)44)20-30(42)35-15-13-29(41)34-14-12-24-21-39(37-36-24)16-8-7-9-26(40)17-23-18-31(43)46-28-19-25(38(5)6)10-11-27(23)28/h10-11,13,15,18-19,21,44H,7-9,12,14,16-17,20,22H2,1-6H3,(H,34,41)(H,35,42)/b15-13+. The van der Waals surface area contributed by atoms with Gasteiger partial charge in [-0.1, -0.05) is 19.1 Å². The van der Waals surface area contributed by atoms with Crippen LogP contribution >= 0.6 is 0 Å². The molecule has 3 N–H and O–H groups in total. The Labute approximate surface area is 269 Å². The number of ketones is 1. The number of carbonyl (C=O) groups excluding carboxylic acids is 3. The van der Waals surface area contributed by atoms with Crippen LogP contribution in [0.3, 0.4) is 0 Å². The molecule has 0 aliphatic heterocycles. The van der Waals surface area contributed by atoms with Gasteiger partial charge in [-0.15, -0.1) is 5.10 Å². The Bertz CT molecular complexity index is 1580. The molecule has 0 atom stereocenters. The Balaban J connectivity index is 1.33. The normalized spacial score (nSPS) is 12.1. The lowest BCUT2D eigenvalue weighted by Gasteiger charge is -2.28. The van der Waals surface area contributed by atoms with E-state index < -0.39 is 16.8 Å². The van der Waals surface area contributed by atoms with Crippen molar-refractivity contribution in [2.24, 2.45) is 5.41 Å². The minimum absolute atomic E-state index is 0.0489. The van der Waals surface area contributed by atoms with Crippen LogP contribution in [0.15, 0.2) is 51.9 Å². The maximum Gasteiger partial charge on any atom is 0.336 e. The summed E-state index contributed by atoms with van der Waals surface area (Å²) in [5, 5.41) is 24.0. The third kappa shape index (κ3) is 12.6. The fraction of sp³-hybridized carbons (Fsp3) is 0.515. The van der Waals surface area contributed by atoms with Crippen LogP contribution in [0.2, 0.25) is 0 Å². The smallest absolute Gasteiger partial charge is 0.336 e. The zero-order chi connectivity index (χ0) is 33.9. The first kappa shape index (κ1) is 36.1. The van der Waals surface area contributed by atoms with E-state index in [1.807, 2.05) is 51.2 Å². The van der Waals surface area contributed by atoms with Crippen molar-refractivity contribution in [3.8, 4) is 0 Å². The number of unbranched alkanes of at least 4 members (excludes halogenated alkanes) is 1. The van der Waals surface area contributed by atoms with Gasteiger partial charge in [-0.2, -0.15) is 0 Å². The van der Waals surface area contributed by atoms with E-state index in [4.69, 9.17) is 9.15 Å². The molecule has 0 saturated carbocycles. The summed E-state index contributed by atoms with van der Waals surface area (Å²) in [5.41, 5.74) is 1.79. The van der Waals surface area contributed by atoms with Gasteiger partial charge in [0.25, 0.3) is 0 Å². The second-order valence-electron chi connectivity index (χ2n) is 12.8. The molecule has 0 bridgehead atoms. The number of fused-ring (bicyclic) bond motifs is 1. The second kappa shape index (κ2) is 16.3. The van der Waals surface area contributed by atoms with Gasteiger partial charge < -0.3 is 29.8 Å². The van der Waals surface area contributed by atoms with Crippen LogP contribution in [-0.2, 0) is 38.5 Å². The minimum atomic E-state index is -1.28. The lowest BCUT2D eigenvalue weighted by molar-refractivity contribution is -0.192. The Morgan fingerprint density at radius 1 is 1.13 bits per heavy atom. The Kier molecular flexibility index (Phi) is 12.8. The van der Waals surface area contributed by atoms with Gasteiger partial charge in [0, 0.05) is 94.5 Å². The van der Waals surface area contributed by atoms with Gasteiger partial charge in [-0.25, -0.2) is 4.79 Å². The van der Waals surface area contributed by atoms with Crippen molar-refractivity contribution in [1.29, 1.82) is 0 Å². The highest BCUT2D eigenvalue weighted by Crippen LogP contribution is 2.24. The van der Waals surface area contributed by atoms with Crippen molar-refractivity contribution in [1.82, 2.24) is 25.6 Å². The van der Waals surface area contributed by atoms with Crippen molar-refractivity contribution >= 4 is 34.3 Å². The second-order valence-corrected chi connectivity index (χ2v) is 12.8. The van der Waals surface area contributed by atoms with Gasteiger partial charge in [-0.05, 0) is 49.8 Å². The third-order valence-corrected chi connectivity index (χ3v) is 7.01. The third-order valence-electron chi connectivity index (χ3n) is 7.01. The largest absolute Gasteiger partial charge is 0.423 e. The van der Waals surface area contributed by atoms with Gasteiger partial charge in [-0.3, -0.25) is 19.1 Å². The molecule has 250 valence electrons. The number of aryl methyl sites for hydroxylation is 1. The molecule has 0 unspecified atom stereocenters. The number of rotatable bonds is 18. The number of nitrogens with zero attached hydrogens (tertiary/aromatic N) is 4. The highest BCUT2D eigenvalue weighted by molar-refractivity contribution is 5.89. The predicted molar refractivity (Wildman–Crippen MR) is 174 cm³/mol. The average molecular weight is 639 g/mol. The molecule has 46 heavy (non-hydrogen) atoms. The van der Waals surface area contributed by atoms with Crippen LogP contribution in [0, 0.1) is 5.41 Å². The summed E-state index contributed by atoms with van der Waals surface area (Å²) in [4.78, 5) is 51.0. The number of Topliss-reactive ketones (excluding diaryl/α,β-unsaturated/α-hetero) is 1. The van der Waals surface area contributed by atoms with Gasteiger partial charge in [0.05, 0.1) is 12.3 Å². The first-order valence-electron chi connectivity index (χ1n) is 15.4. The summed E-state index contributed by atoms with van der Waals surface area (Å²) in [6.07, 6.45) is 6.94. The minimum Gasteiger partial charge on any atom is -0.423 e. The van der Waals surface area contributed by atoms with Gasteiger partial charge >= 0.3 is 5.63 Å². The topological polar surface area (TPSA) is 169 Å². The van der Waals surface area contributed by atoms with Crippen molar-refractivity contribution < 1.29 is 28.6 Å². The summed E-state index contributed by atoms with van der Waals surface area (Å²) in [7, 11) is 3.81.